The second-order valence-electron chi connectivity index (χ2n) is 11.0. The first-order valence-corrected chi connectivity index (χ1v) is 14.4. The van der Waals surface area contributed by atoms with E-state index in [-0.39, 0.29) is 5.91 Å². The third kappa shape index (κ3) is 6.91. The molecule has 1 aliphatic rings. The zero-order valence-electron chi connectivity index (χ0n) is 24.2. The van der Waals surface area contributed by atoms with Crippen LogP contribution in [0.1, 0.15) is 34.7 Å². The fourth-order valence-corrected chi connectivity index (χ4v) is 4.97. The number of rotatable bonds is 11. The number of anilines is 4. The second kappa shape index (κ2) is 12.5. The highest BCUT2D eigenvalue weighted by molar-refractivity contribution is 6.04. The predicted octanol–water partition coefficient (Wildman–Crippen LogP) is 6.35. The minimum atomic E-state index is -0.817. The summed E-state index contributed by atoms with van der Waals surface area (Å²) in [5.41, 5.74) is 6.88. The number of benzene rings is 3. The summed E-state index contributed by atoms with van der Waals surface area (Å²) in [6.07, 6.45) is 9.03. The number of para-hydroxylation sites is 1. The molecule has 1 fully saturated rings. The van der Waals surface area contributed by atoms with Crippen molar-refractivity contribution in [1.29, 1.82) is 0 Å². The first-order valence-electron chi connectivity index (χ1n) is 14.4. The van der Waals surface area contributed by atoms with Crippen molar-refractivity contribution in [2.45, 2.75) is 25.0 Å². The maximum absolute atomic E-state index is 13.0. The molecular weight excluding hydrogens is 538 g/mol. The molecule has 9 nitrogen and oxygen atoms in total. The highest BCUT2D eigenvalue weighted by Crippen LogP contribution is 2.45. The lowest BCUT2D eigenvalue weighted by Crippen LogP contribution is -2.17. The van der Waals surface area contributed by atoms with Gasteiger partial charge in [-0.25, -0.2) is 9.97 Å². The second-order valence-corrected chi connectivity index (χ2v) is 11.0. The minimum Gasteiger partial charge on any atom is -0.370 e. The zero-order valence-corrected chi connectivity index (χ0v) is 24.2. The van der Waals surface area contributed by atoms with Gasteiger partial charge in [0.2, 0.25) is 5.95 Å². The van der Waals surface area contributed by atoms with E-state index in [1.54, 1.807) is 30.3 Å². The molecule has 9 heteroatoms. The van der Waals surface area contributed by atoms with Crippen LogP contribution in [0.25, 0.3) is 22.2 Å². The minimum absolute atomic E-state index is 0.234. The van der Waals surface area contributed by atoms with E-state index in [9.17, 15) is 9.90 Å². The molecule has 1 amide bonds. The van der Waals surface area contributed by atoms with Crippen LogP contribution < -0.4 is 16.0 Å². The van der Waals surface area contributed by atoms with Gasteiger partial charge in [0, 0.05) is 63.6 Å². The smallest absolute Gasteiger partial charge is 0.255 e. The maximum Gasteiger partial charge on any atom is 0.255 e. The van der Waals surface area contributed by atoms with Gasteiger partial charge in [-0.15, -0.1) is 0 Å². The number of aromatic nitrogens is 3. The number of nitrogens with one attached hydrogen (secondary N) is 4. The lowest BCUT2D eigenvalue weighted by molar-refractivity contribution is 0.102. The molecule has 5 N–H and O–H groups in total. The Morgan fingerprint density at radius 1 is 1.05 bits per heavy atom. The summed E-state index contributed by atoms with van der Waals surface area (Å²) in [6, 6.07) is 22.7. The Balaban J connectivity index is 1.13. The van der Waals surface area contributed by atoms with Gasteiger partial charge in [-0.05, 0) is 87.5 Å². The van der Waals surface area contributed by atoms with E-state index in [1.165, 1.54) is 5.56 Å². The third-order valence-electron chi connectivity index (χ3n) is 7.31. The average Bonchev–Trinajstić information content (AvgIpc) is 3.75. The summed E-state index contributed by atoms with van der Waals surface area (Å²) in [4.78, 5) is 27.9. The molecule has 0 spiro atoms. The molecular formula is C34H35N7O2. The van der Waals surface area contributed by atoms with E-state index < -0.39 is 6.23 Å². The van der Waals surface area contributed by atoms with Crippen LogP contribution in [-0.2, 0) is 0 Å². The molecule has 5 aromatic rings. The molecule has 0 bridgehead atoms. The van der Waals surface area contributed by atoms with E-state index >= 15 is 0 Å². The van der Waals surface area contributed by atoms with Crippen LogP contribution in [-0.4, -0.2) is 57.7 Å². The van der Waals surface area contributed by atoms with Crippen molar-refractivity contribution in [2.75, 3.05) is 36.6 Å². The van der Waals surface area contributed by atoms with Gasteiger partial charge in [0.1, 0.15) is 6.23 Å². The van der Waals surface area contributed by atoms with Gasteiger partial charge in [0.15, 0.2) is 0 Å². The fourth-order valence-electron chi connectivity index (χ4n) is 4.97. The van der Waals surface area contributed by atoms with E-state index in [0.717, 1.165) is 47.2 Å². The Morgan fingerprint density at radius 3 is 2.63 bits per heavy atom. The molecule has 0 saturated heterocycles. The Bertz CT molecular complexity index is 1760. The lowest BCUT2D eigenvalue weighted by atomic mass is 10.0. The Hall–Kier alpha value is -4.99. The predicted molar refractivity (Wildman–Crippen MR) is 173 cm³/mol. The van der Waals surface area contributed by atoms with Crippen molar-refractivity contribution < 1.29 is 9.90 Å². The number of carbonyl (C=O) groups excluding carboxylic acids is 1. The van der Waals surface area contributed by atoms with E-state index in [2.05, 4.69) is 38.1 Å². The number of likely N-dealkylation sites (N-methyl/N-ethyl adjacent to an activating group) is 1. The number of amides is 1. The van der Waals surface area contributed by atoms with Gasteiger partial charge in [-0.3, -0.25) is 4.79 Å². The molecule has 1 atom stereocenters. The zero-order chi connectivity index (χ0) is 29.8. The number of aliphatic hydroxyl groups is 1. The molecule has 6 rings (SSSR count). The van der Waals surface area contributed by atoms with Crippen molar-refractivity contribution in [3.8, 4) is 11.3 Å². The number of fused-ring (bicyclic) bond motifs is 1. The molecule has 0 aliphatic heterocycles. The van der Waals surface area contributed by atoms with Crippen molar-refractivity contribution in [2.24, 2.45) is 0 Å². The number of nitrogens with zero attached hydrogens (tertiary/aromatic N) is 3. The molecule has 1 saturated carbocycles. The third-order valence-corrected chi connectivity index (χ3v) is 7.31. The topological polar surface area (TPSA) is 118 Å². The van der Waals surface area contributed by atoms with E-state index in [0.29, 0.717) is 28.8 Å². The van der Waals surface area contributed by atoms with Crippen LogP contribution in [0.15, 0.2) is 97.3 Å². The number of aliphatic hydroxyl groups excluding tert-OH is 1. The first kappa shape index (κ1) is 28.1. The van der Waals surface area contributed by atoms with Crippen LogP contribution in [0.5, 0.6) is 0 Å². The fraction of sp³-hybridized carbons (Fsp3) is 0.206. The summed E-state index contributed by atoms with van der Waals surface area (Å²) < 4.78 is 0. The molecule has 218 valence electrons. The molecule has 2 aromatic heterocycles. The normalized spacial score (nSPS) is 13.9. The molecule has 1 unspecified atom stereocenters. The lowest BCUT2D eigenvalue weighted by Gasteiger charge is -2.13. The summed E-state index contributed by atoms with van der Waals surface area (Å²) in [5.74, 6) is 0.757. The van der Waals surface area contributed by atoms with Gasteiger partial charge in [0.05, 0.1) is 5.69 Å². The van der Waals surface area contributed by atoms with Crippen LogP contribution >= 0.6 is 0 Å². The van der Waals surface area contributed by atoms with Crippen LogP contribution in [0.3, 0.4) is 0 Å². The summed E-state index contributed by atoms with van der Waals surface area (Å²) >= 11 is 0. The largest absolute Gasteiger partial charge is 0.370 e. The Morgan fingerprint density at radius 2 is 1.84 bits per heavy atom. The van der Waals surface area contributed by atoms with Crippen molar-refractivity contribution in [3.05, 3.63) is 108 Å². The Labute approximate surface area is 250 Å². The highest BCUT2D eigenvalue weighted by atomic mass is 16.3. The molecule has 2 heterocycles. The van der Waals surface area contributed by atoms with Gasteiger partial charge >= 0.3 is 0 Å². The van der Waals surface area contributed by atoms with Crippen LogP contribution in [0.2, 0.25) is 0 Å². The monoisotopic (exact) mass is 573 g/mol. The maximum atomic E-state index is 13.0. The molecule has 3 aromatic carbocycles. The van der Waals surface area contributed by atoms with Gasteiger partial charge < -0.3 is 30.9 Å². The number of hydrogen-bond acceptors (Lipinski definition) is 7. The molecule has 1 aliphatic carbocycles. The standard InChI is InChI=1S/C34H35N7O2/c1-41(2)18-6-11-31(42)37-24-16-14-23(15-17-24)33(43)38-25-7-5-8-26(19-25)39-34-36-20-28(22-12-13-22)32(40-34)29-21-35-30-10-4-3-9-27(29)30/h3-11,14-17,19-22,31,35,37,42H,12-13,18H2,1-2H3,(H,38,43)(H,36,39,40). The van der Waals surface area contributed by atoms with E-state index in [4.69, 9.17) is 4.98 Å². The van der Waals surface area contributed by atoms with Gasteiger partial charge in [0.25, 0.3) is 5.91 Å². The number of hydrogen-bond donors (Lipinski definition) is 5. The quantitative estimate of drug-likeness (QED) is 0.0924. The number of carbonyl (C=O) groups is 1. The SMILES string of the molecule is CN(C)CC=CC(O)Nc1ccc(C(=O)Nc2cccc(Nc3ncc(C4CC4)c(-c4c[nH]c5ccccc45)n3)c2)cc1. The molecule has 43 heavy (non-hydrogen) atoms. The van der Waals surface area contributed by atoms with Crippen molar-refractivity contribution >= 4 is 39.8 Å². The van der Waals surface area contributed by atoms with Crippen LogP contribution in [0.4, 0.5) is 23.0 Å². The number of H-pyrrole nitrogens is 1. The Kier molecular flexibility index (Phi) is 8.17. The van der Waals surface area contributed by atoms with Crippen LogP contribution in [0, 0.1) is 0 Å². The first-order chi connectivity index (χ1) is 20.9. The highest BCUT2D eigenvalue weighted by Gasteiger charge is 2.29. The number of aromatic amines is 1. The summed E-state index contributed by atoms with van der Waals surface area (Å²) in [5, 5.41) is 20.6. The summed E-state index contributed by atoms with van der Waals surface area (Å²) in [7, 11) is 3.93. The average molecular weight is 574 g/mol. The van der Waals surface area contributed by atoms with Crippen molar-refractivity contribution in [3.63, 3.8) is 0 Å². The van der Waals surface area contributed by atoms with E-state index in [1.807, 2.05) is 73.9 Å². The molecule has 0 radical (unpaired) electrons. The summed E-state index contributed by atoms with van der Waals surface area (Å²) in [6.45, 7) is 0.736. The van der Waals surface area contributed by atoms with Gasteiger partial charge in [-0.1, -0.05) is 30.3 Å². The van der Waals surface area contributed by atoms with Gasteiger partial charge in [-0.2, -0.15) is 0 Å². The van der Waals surface area contributed by atoms with Crippen molar-refractivity contribution in [1.82, 2.24) is 19.9 Å².